The molecule has 2 aromatic rings. The summed E-state index contributed by atoms with van der Waals surface area (Å²) in [5.74, 6) is 3.14. The zero-order chi connectivity index (χ0) is 16.1. The number of nitrogens with one attached hydrogen (secondary N) is 1. The first-order valence-electron chi connectivity index (χ1n) is 8.26. The Morgan fingerprint density at radius 1 is 1.39 bits per heavy atom. The van der Waals surface area contributed by atoms with Crippen LogP contribution in [0.4, 0.5) is 0 Å². The molecule has 0 spiro atoms. The van der Waals surface area contributed by atoms with E-state index in [1.165, 1.54) is 24.2 Å². The summed E-state index contributed by atoms with van der Waals surface area (Å²) in [6.07, 6.45) is 6.44. The molecular weight excluding hydrogens is 306 g/mol. The van der Waals surface area contributed by atoms with Crippen LogP contribution in [-0.2, 0) is 13.7 Å². The number of imidazole rings is 1. The number of nitrogens with zero attached hydrogens (tertiary/aromatic N) is 2. The van der Waals surface area contributed by atoms with Crippen LogP contribution in [0.25, 0.3) is 0 Å². The second-order valence-corrected chi connectivity index (χ2v) is 7.49. The number of hydrogen-bond acceptors (Lipinski definition) is 4. The molecule has 5 heteroatoms. The number of aromatic nitrogens is 2. The normalized spacial score (nSPS) is 19.0. The number of aryl methyl sites for hydroxylation is 1. The van der Waals surface area contributed by atoms with Crippen molar-refractivity contribution in [2.45, 2.75) is 37.7 Å². The van der Waals surface area contributed by atoms with E-state index in [0.29, 0.717) is 12.6 Å². The van der Waals surface area contributed by atoms with E-state index in [9.17, 15) is 0 Å². The van der Waals surface area contributed by atoms with Crippen LogP contribution in [0.2, 0.25) is 0 Å². The third-order valence-corrected chi connectivity index (χ3v) is 5.74. The summed E-state index contributed by atoms with van der Waals surface area (Å²) < 4.78 is 7.77. The van der Waals surface area contributed by atoms with Gasteiger partial charge in [0, 0.05) is 37.3 Å². The molecule has 0 radical (unpaired) electrons. The van der Waals surface area contributed by atoms with Gasteiger partial charge in [-0.05, 0) is 43.2 Å². The van der Waals surface area contributed by atoms with E-state index < -0.39 is 0 Å². The molecule has 0 saturated carbocycles. The fourth-order valence-electron chi connectivity index (χ4n) is 2.77. The van der Waals surface area contributed by atoms with E-state index in [1.54, 1.807) is 6.20 Å². The van der Waals surface area contributed by atoms with E-state index in [-0.39, 0.29) is 0 Å². The zero-order valence-corrected chi connectivity index (χ0v) is 14.7. The van der Waals surface area contributed by atoms with Gasteiger partial charge in [-0.1, -0.05) is 12.1 Å². The van der Waals surface area contributed by atoms with Gasteiger partial charge in [0.25, 0.3) is 0 Å². The summed E-state index contributed by atoms with van der Waals surface area (Å²) in [5.41, 5.74) is 1.30. The summed E-state index contributed by atoms with van der Waals surface area (Å²) in [7, 11) is 1.98. The number of ether oxygens (including phenoxy) is 1. The zero-order valence-electron chi connectivity index (χ0n) is 13.9. The highest BCUT2D eigenvalue weighted by atomic mass is 32.2. The fraction of sp³-hybridized carbons (Fsp3) is 0.500. The molecule has 0 aliphatic carbocycles. The highest BCUT2D eigenvalue weighted by Gasteiger charge is 2.16. The van der Waals surface area contributed by atoms with Gasteiger partial charge in [0.05, 0.1) is 0 Å². The Hall–Kier alpha value is -1.46. The molecule has 1 aliphatic heterocycles. The van der Waals surface area contributed by atoms with Crippen molar-refractivity contribution in [2.24, 2.45) is 7.05 Å². The third kappa shape index (κ3) is 4.52. The second kappa shape index (κ2) is 7.88. The quantitative estimate of drug-likeness (QED) is 0.842. The number of hydrogen-bond donors (Lipinski definition) is 1. The summed E-state index contributed by atoms with van der Waals surface area (Å²) in [5, 5.41) is 4.44. The molecule has 1 N–H and O–H groups in total. The Kier molecular flexibility index (Phi) is 5.62. The lowest BCUT2D eigenvalue weighted by Gasteiger charge is -2.17. The molecule has 1 aromatic heterocycles. The number of thioether (sulfide) groups is 1. The molecule has 1 fully saturated rings. The van der Waals surface area contributed by atoms with Gasteiger partial charge in [0.15, 0.2) is 0 Å². The maximum Gasteiger partial charge on any atom is 0.146 e. The number of rotatable bonds is 7. The predicted molar refractivity (Wildman–Crippen MR) is 95.9 cm³/mol. The lowest BCUT2D eigenvalue weighted by Crippen LogP contribution is -2.26. The Morgan fingerprint density at radius 2 is 2.22 bits per heavy atom. The molecule has 0 unspecified atom stereocenters. The Balaban J connectivity index is 1.48. The molecule has 2 atom stereocenters. The molecule has 1 aliphatic rings. The smallest absolute Gasteiger partial charge is 0.146 e. The van der Waals surface area contributed by atoms with Crippen molar-refractivity contribution in [3.8, 4) is 5.75 Å². The van der Waals surface area contributed by atoms with E-state index in [0.717, 1.165) is 23.4 Å². The third-order valence-electron chi connectivity index (χ3n) is 4.34. The van der Waals surface area contributed by atoms with Crippen LogP contribution in [0.1, 0.15) is 37.2 Å². The molecule has 3 rings (SSSR count). The van der Waals surface area contributed by atoms with Gasteiger partial charge < -0.3 is 14.6 Å². The monoisotopic (exact) mass is 331 g/mol. The molecule has 0 amide bonds. The second-order valence-electron chi connectivity index (χ2n) is 6.08. The van der Waals surface area contributed by atoms with Crippen LogP contribution < -0.4 is 10.1 Å². The van der Waals surface area contributed by atoms with Crippen LogP contribution in [-0.4, -0.2) is 27.1 Å². The molecule has 1 saturated heterocycles. The Morgan fingerprint density at radius 3 is 2.87 bits per heavy atom. The molecule has 1 aromatic carbocycles. The van der Waals surface area contributed by atoms with Gasteiger partial charge in [-0.15, -0.1) is 0 Å². The summed E-state index contributed by atoms with van der Waals surface area (Å²) in [6.45, 7) is 3.82. The largest absolute Gasteiger partial charge is 0.486 e. The van der Waals surface area contributed by atoms with Crippen molar-refractivity contribution in [3.05, 3.63) is 48.0 Å². The van der Waals surface area contributed by atoms with Crippen molar-refractivity contribution < 1.29 is 4.74 Å². The van der Waals surface area contributed by atoms with E-state index in [2.05, 4.69) is 41.1 Å². The minimum Gasteiger partial charge on any atom is -0.486 e. The first-order chi connectivity index (χ1) is 11.2. The van der Waals surface area contributed by atoms with Gasteiger partial charge >= 0.3 is 0 Å². The molecule has 124 valence electrons. The molecular formula is C18H25N3OS. The minimum absolute atomic E-state index is 0.375. The summed E-state index contributed by atoms with van der Waals surface area (Å²) >= 11 is 2.10. The lowest BCUT2D eigenvalue weighted by molar-refractivity contribution is 0.291. The fourth-order valence-corrected chi connectivity index (χ4v) is 3.98. The topological polar surface area (TPSA) is 39.1 Å². The summed E-state index contributed by atoms with van der Waals surface area (Å²) in [4.78, 5) is 4.26. The van der Waals surface area contributed by atoms with Crippen LogP contribution in [0.3, 0.4) is 0 Å². The van der Waals surface area contributed by atoms with Crippen molar-refractivity contribution >= 4 is 11.8 Å². The van der Waals surface area contributed by atoms with Gasteiger partial charge in [-0.25, -0.2) is 4.98 Å². The first-order valence-corrected chi connectivity index (χ1v) is 9.31. The molecule has 23 heavy (non-hydrogen) atoms. The van der Waals surface area contributed by atoms with Crippen molar-refractivity contribution in [3.63, 3.8) is 0 Å². The Bertz CT molecular complexity index is 605. The lowest BCUT2D eigenvalue weighted by atomic mass is 10.1. The minimum atomic E-state index is 0.375. The van der Waals surface area contributed by atoms with E-state index in [1.807, 2.05) is 29.9 Å². The van der Waals surface area contributed by atoms with Gasteiger partial charge in [0.1, 0.15) is 18.2 Å². The maximum absolute atomic E-state index is 5.80. The van der Waals surface area contributed by atoms with E-state index >= 15 is 0 Å². The van der Waals surface area contributed by atoms with Crippen LogP contribution >= 0.6 is 11.8 Å². The standard InChI is InChI=1S/C18H25N3OS/c1-14(20-12-17-4-3-11-23-17)15-5-7-16(8-6-15)22-13-18-19-9-10-21(18)2/h5-10,14,17,20H,3-4,11-13H2,1-2H3/t14-,17-/m1/s1. The Labute approximate surface area is 142 Å². The van der Waals surface area contributed by atoms with Gasteiger partial charge in [-0.3, -0.25) is 0 Å². The molecule has 4 nitrogen and oxygen atoms in total. The summed E-state index contributed by atoms with van der Waals surface area (Å²) in [6, 6.07) is 8.75. The average molecular weight is 331 g/mol. The van der Waals surface area contributed by atoms with Crippen LogP contribution in [0.15, 0.2) is 36.7 Å². The van der Waals surface area contributed by atoms with E-state index in [4.69, 9.17) is 4.74 Å². The van der Waals surface area contributed by atoms with Gasteiger partial charge in [0.2, 0.25) is 0 Å². The maximum atomic E-state index is 5.80. The SMILES string of the molecule is C[C@@H](NC[C@H]1CCCS1)c1ccc(OCc2nccn2C)cc1. The van der Waals surface area contributed by atoms with Crippen LogP contribution in [0.5, 0.6) is 5.75 Å². The van der Waals surface area contributed by atoms with Crippen molar-refractivity contribution in [2.75, 3.05) is 12.3 Å². The molecule has 2 heterocycles. The highest BCUT2D eigenvalue weighted by molar-refractivity contribution is 8.00. The first kappa shape index (κ1) is 16.4. The van der Waals surface area contributed by atoms with Crippen molar-refractivity contribution in [1.82, 2.24) is 14.9 Å². The van der Waals surface area contributed by atoms with Crippen LogP contribution in [0, 0.1) is 0 Å². The highest BCUT2D eigenvalue weighted by Crippen LogP contribution is 2.26. The average Bonchev–Trinajstić information content (AvgIpc) is 3.23. The van der Waals surface area contributed by atoms with Crippen molar-refractivity contribution in [1.29, 1.82) is 0 Å². The predicted octanol–water partition coefficient (Wildman–Crippen LogP) is 3.55. The van der Waals surface area contributed by atoms with Gasteiger partial charge in [-0.2, -0.15) is 11.8 Å². The molecule has 0 bridgehead atoms. The number of benzene rings is 1.